The number of nitrogens with zero attached hydrogens (tertiary/aromatic N) is 5. The van der Waals surface area contributed by atoms with Gasteiger partial charge >= 0.3 is 0 Å². The number of rotatable bonds is 5. The molecule has 0 N–H and O–H groups in total. The highest BCUT2D eigenvalue weighted by atomic mass is 16.1. The van der Waals surface area contributed by atoms with Gasteiger partial charge in [-0.25, -0.2) is 9.97 Å². The first-order valence-corrected chi connectivity index (χ1v) is 11.5. The number of hydrogen-bond acceptors (Lipinski definition) is 5. The Balaban J connectivity index is 1.19. The molecule has 0 radical (unpaired) electrons. The molecule has 0 spiro atoms. The normalized spacial score (nSPS) is 20.9. The molecule has 4 heterocycles. The SMILES string of the molecule is Cn1cc(C2CCCN(CC3CCN(c4ncc(C=O)cn4)CC3)C2)c2ccccc21. The molecular weight excluding hydrogens is 386 g/mol. The third-order valence-corrected chi connectivity index (χ3v) is 7.08. The average molecular weight is 418 g/mol. The lowest BCUT2D eigenvalue weighted by Gasteiger charge is -2.38. The highest BCUT2D eigenvalue weighted by Gasteiger charge is 2.27. The van der Waals surface area contributed by atoms with Gasteiger partial charge < -0.3 is 14.4 Å². The average Bonchev–Trinajstić information content (AvgIpc) is 3.17. The van der Waals surface area contributed by atoms with Gasteiger partial charge in [-0.15, -0.1) is 0 Å². The molecule has 2 aromatic heterocycles. The smallest absolute Gasteiger partial charge is 0.225 e. The van der Waals surface area contributed by atoms with Crippen LogP contribution in [0.5, 0.6) is 0 Å². The van der Waals surface area contributed by atoms with Crippen molar-refractivity contribution in [3.05, 3.63) is 54.0 Å². The minimum atomic E-state index is 0.532. The van der Waals surface area contributed by atoms with Gasteiger partial charge in [0.1, 0.15) is 0 Å². The summed E-state index contributed by atoms with van der Waals surface area (Å²) in [6, 6.07) is 8.80. The predicted octanol–water partition coefficient (Wildman–Crippen LogP) is 3.88. The largest absolute Gasteiger partial charge is 0.350 e. The first-order valence-electron chi connectivity index (χ1n) is 11.5. The molecule has 2 aliphatic heterocycles. The van der Waals surface area contributed by atoms with E-state index in [-0.39, 0.29) is 0 Å². The molecule has 162 valence electrons. The van der Waals surface area contributed by atoms with Gasteiger partial charge in [-0.1, -0.05) is 18.2 Å². The lowest BCUT2D eigenvalue weighted by molar-refractivity contribution is 0.112. The molecule has 31 heavy (non-hydrogen) atoms. The van der Waals surface area contributed by atoms with Gasteiger partial charge in [-0.05, 0) is 55.7 Å². The van der Waals surface area contributed by atoms with E-state index in [0.717, 1.165) is 31.2 Å². The summed E-state index contributed by atoms with van der Waals surface area (Å²) in [5.41, 5.74) is 3.39. The predicted molar refractivity (Wildman–Crippen MR) is 124 cm³/mol. The summed E-state index contributed by atoms with van der Waals surface area (Å²) in [6.07, 6.45) is 11.3. The number of carbonyl (C=O) groups is 1. The second-order valence-corrected chi connectivity index (χ2v) is 9.18. The maximum Gasteiger partial charge on any atom is 0.225 e. The molecule has 0 saturated carbocycles. The summed E-state index contributed by atoms with van der Waals surface area (Å²) in [6.45, 7) is 5.57. The number of para-hydroxylation sites is 1. The van der Waals surface area contributed by atoms with E-state index in [1.165, 1.54) is 61.8 Å². The molecule has 2 saturated heterocycles. The molecule has 5 rings (SSSR count). The fourth-order valence-electron chi connectivity index (χ4n) is 5.41. The van der Waals surface area contributed by atoms with Crippen LogP contribution in [-0.4, -0.2) is 58.4 Å². The fourth-order valence-corrected chi connectivity index (χ4v) is 5.41. The molecule has 2 aliphatic rings. The van der Waals surface area contributed by atoms with E-state index in [4.69, 9.17) is 0 Å². The van der Waals surface area contributed by atoms with E-state index < -0.39 is 0 Å². The minimum absolute atomic E-state index is 0.532. The summed E-state index contributed by atoms with van der Waals surface area (Å²) in [4.78, 5) is 24.5. The Kier molecular flexibility index (Phi) is 5.72. The maximum absolute atomic E-state index is 10.8. The molecule has 0 amide bonds. The van der Waals surface area contributed by atoms with Crippen LogP contribution in [0.4, 0.5) is 5.95 Å². The summed E-state index contributed by atoms with van der Waals surface area (Å²) in [7, 11) is 2.16. The Morgan fingerprint density at radius 3 is 2.61 bits per heavy atom. The number of anilines is 1. The lowest BCUT2D eigenvalue weighted by Crippen LogP contribution is -2.42. The Bertz CT molecular complexity index is 1040. The molecule has 1 aromatic carbocycles. The van der Waals surface area contributed by atoms with Gasteiger partial charge in [0.25, 0.3) is 0 Å². The Morgan fingerprint density at radius 1 is 1.06 bits per heavy atom. The first kappa shape index (κ1) is 20.2. The van der Waals surface area contributed by atoms with Crippen molar-refractivity contribution in [1.29, 1.82) is 0 Å². The summed E-state index contributed by atoms with van der Waals surface area (Å²) in [5, 5.41) is 1.42. The van der Waals surface area contributed by atoms with Crippen LogP contribution in [0.3, 0.4) is 0 Å². The zero-order chi connectivity index (χ0) is 21.2. The van der Waals surface area contributed by atoms with Crippen molar-refractivity contribution >= 4 is 23.1 Å². The van der Waals surface area contributed by atoms with E-state index in [9.17, 15) is 4.79 Å². The molecule has 1 atom stereocenters. The lowest BCUT2D eigenvalue weighted by atomic mass is 9.89. The van der Waals surface area contributed by atoms with Crippen LogP contribution in [-0.2, 0) is 7.05 Å². The summed E-state index contributed by atoms with van der Waals surface area (Å²) < 4.78 is 2.28. The summed E-state index contributed by atoms with van der Waals surface area (Å²) in [5.74, 6) is 2.11. The zero-order valence-corrected chi connectivity index (χ0v) is 18.3. The highest BCUT2D eigenvalue weighted by Crippen LogP contribution is 2.34. The van der Waals surface area contributed by atoms with Gasteiger partial charge in [-0.3, -0.25) is 4.79 Å². The molecule has 6 heteroatoms. The van der Waals surface area contributed by atoms with Gasteiger partial charge in [0.05, 0.1) is 5.56 Å². The number of aromatic nitrogens is 3. The number of hydrogen-bond donors (Lipinski definition) is 0. The van der Waals surface area contributed by atoms with E-state index in [2.05, 4.69) is 61.8 Å². The third-order valence-electron chi connectivity index (χ3n) is 7.08. The quantitative estimate of drug-likeness (QED) is 0.590. The van der Waals surface area contributed by atoms with Gasteiger partial charge in [0, 0.05) is 62.7 Å². The number of fused-ring (bicyclic) bond motifs is 1. The van der Waals surface area contributed by atoms with Crippen molar-refractivity contribution in [2.24, 2.45) is 13.0 Å². The van der Waals surface area contributed by atoms with Crippen LogP contribution in [0, 0.1) is 5.92 Å². The zero-order valence-electron chi connectivity index (χ0n) is 18.3. The van der Waals surface area contributed by atoms with Crippen LogP contribution in [0.1, 0.15) is 47.5 Å². The van der Waals surface area contributed by atoms with Crippen molar-refractivity contribution in [2.45, 2.75) is 31.6 Å². The van der Waals surface area contributed by atoms with Crippen molar-refractivity contribution in [3.63, 3.8) is 0 Å². The number of carbonyl (C=O) groups excluding carboxylic acids is 1. The number of aldehydes is 1. The molecule has 0 aliphatic carbocycles. The number of benzene rings is 1. The van der Waals surface area contributed by atoms with Crippen LogP contribution in [0.15, 0.2) is 42.9 Å². The molecule has 1 unspecified atom stereocenters. The van der Waals surface area contributed by atoms with Crippen molar-refractivity contribution in [3.8, 4) is 0 Å². The number of piperidine rings is 2. The fraction of sp³-hybridized carbons (Fsp3) is 0.480. The van der Waals surface area contributed by atoms with Gasteiger partial charge in [-0.2, -0.15) is 0 Å². The number of aryl methyl sites for hydroxylation is 1. The monoisotopic (exact) mass is 417 g/mol. The van der Waals surface area contributed by atoms with Crippen LogP contribution in [0.2, 0.25) is 0 Å². The van der Waals surface area contributed by atoms with Crippen molar-refractivity contribution < 1.29 is 4.79 Å². The van der Waals surface area contributed by atoms with Crippen molar-refractivity contribution in [1.82, 2.24) is 19.4 Å². The van der Waals surface area contributed by atoms with Gasteiger partial charge in [0.2, 0.25) is 5.95 Å². The Hall–Kier alpha value is -2.73. The van der Waals surface area contributed by atoms with Crippen LogP contribution < -0.4 is 4.90 Å². The van der Waals surface area contributed by atoms with Crippen molar-refractivity contribution in [2.75, 3.05) is 37.6 Å². The Labute approximate surface area is 183 Å². The van der Waals surface area contributed by atoms with E-state index >= 15 is 0 Å². The van der Waals surface area contributed by atoms with E-state index in [1.54, 1.807) is 12.4 Å². The maximum atomic E-state index is 10.8. The first-order chi connectivity index (χ1) is 15.2. The second-order valence-electron chi connectivity index (χ2n) is 9.18. The van der Waals surface area contributed by atoms with E-state index in [0.29, 0.717) is 11.5 Å². The Morgan fingerprint density at radius 2 is 1.84 bits per heavy atom. The van der Waals surface area contributed by atoms with Gasteiger partial charge in [0.15, 0.2) is 6.29 Å². The molecule has 6 nitrogen and oxygen atoms in total. The molecular formula is C25H31N5O. The molecule has 3 aromatic rings. The second kappa shape index (κ2) is 8.79. The van der Waals surface area contributed by atoms with E-state index in [1.807, 2.05) is 0 Å². The number of likely N-dealkylation sites (tertiary alicyclic amines) is 1. The minimum Gasteiger partial charge on any atom is -0.350 e. The van der Waals surface area contributed by atoms with Crippen LogP contribution in [0.25, 0.3) is 10.9 Å². The topological polar surface area (TPSA) is 54.3 Å². The third kappa shape index (κ3) is 4.22. The van der Waals surface area contributed by atoms with Crippen LogP contribution >= 0.6 is 0 Å². The summed E-state index contributed by atoms with van der Waals surface area (Å²) >= 11 is 0. The highest BCUT2D eigenvalue weighted by molar-refractivity contribution is 5.84. The standard InChI is InChI=1S/C25H31N5O/c1-28-17-23(22-6-2-3-7-24(22)28)21-5-4-10-29(16-21)15-19-8-11-30(12-9-19)25-26-13-20(18-31)14-27-25/h2-3,6-7,13-14,17-19,21H,4-5,8-12,15-16H2,1H3. The molecule has 0 bridgehead atoms. The molecule has 2 fully saturated rings.